The summed E-state index contributed by atoms with van der Waals surface area (Å²) < 4.78 is 5.86. The molecule has 1 saturated heterocycles. The first-order chi connectivity index (χ1) is 5.54. The van der Waals surface area contributed by atoms with Gasteiger partial charge in [0.05, 0.1) is 5.60 Å². The third-order valence-electron chi connectivity index (χ3n) is 3.14. The van der Waals surface area contributed by atoms with Crippen LogP contribution in [0.2, 0.25) is 0 Å². The minimum absolute atomic E-state index is 0.0550. The van der Waals surface area contributed by atoms with Crippen LogP contribution in [0.15, 0.2) is 0 Å². The molecule has 1 heterocycles. The highest BCUT2D eigenvalue weighted by atomic mass is 16.5. The average molecular weight is 168 g/mol. The van der Waals surface area contributed by atoms with Crippen LogP contribution >= 0.6 is 0 Å². The molecule has 68 valence electrons. The predicted molar refractivity (Wildman–Crippen MR) is 46.0 cm³/mol. The van der Waals surface area contributed by atoms with Crippen molar-refractivity contribution in [1.82, 2.24) is 0 Å². The standard InChI is InChI=1S/C10H16O2/c1-9(2)8(11)7-10(12-9)5-3-4-6-10/h3-7H2,1-2H3. The SMILES string of the molecule is CC1(C)OC2(CCCC2)CC1=O. The summed E-state index contributed by atoms with van der Waals surface area (Å²) in [7, 11) is 0. The van der Waals surface area contributed by atoms with E-state index < -0.39 is 5.60 Å². The predicted octanol–water partition coefficient (Wildman–Crippen LogP) is 2.07. The van der Waals surface area contributed by atoms with Crippen LogP contribution < -0.4 is 0 Å². The van der Waals surface area contributed by atoms with Crippen molar-refractivity contribution in [2.75, 3.05) is 0 Å². The maximum atomic E-state index is 11.5. The van der Waals surface area contributed by atoms with Gasteiger partial charge in [0, 0.05) is 6.42 Å². The van der Waals surface area contributed by atoms with Gasteiger partial charge in [0.25, 0.3) is 0 Å². The van der Waals surface area contributed by atoms with Gasteiger partial charge in [0.2, 0.25) is 0 Å². The summed E-state index contributed by atoms with van der Waals surface area (Å²) in [5, 5.41) is 0. The molecule has 1 saturated carbocycles. The molecule has 2 rings (SSSR count). The number of ether oxygens (including phenoxy) is 1. The quantitative estimate of drug-likeness (QED) is 0.553. The Morgan fingerprint density at radius 3 is 2.25 bits per heavy atom. The van der Waals surface area contributed by atoms with Crippen molar-refractivity contribution >= 4 is 5.78 Å². The van der Waals surface area contributed by atoms with E-state index in [-0.39, 0.29) is 11.4 Å². The lowest BCUT2D eigenvalue weighted by molar-refractivity contribution is -0.133. The second kappa shape index (κ2) is 2.32. The molecule has 1 spiro atoms. The van der Waals surface area contributed by atoms with E-state index in [9.17, 15) is 4.79 Å². The summed E-state index contributed by atoms with van der Waals surface area (Å²) in [5.41, 5.74) is -0.565. The molecule has 1 aliphatic heterocycles. The molecule has 0 aromatic heterocycles. The number of Topliss-reactive ketones (excluding diaryl/α,β-unsaturated/α-hetero) is 1. The van der Waals surface area contributed by atoms with Crippen molar-refractivity contribution < 1.29 is 9.53 Å². The molecular formula is C10H16O2. The van der Waals surface area contributed by atoms with E-state index in [2.05, 4.69) is 0 Å². The second-order valence-electron chi connectivity index (χ2n) is 4.60. The molecular weight excluding hydrogens is 152 g/mol. The Balaban J connectivity index is 2.19. The molecule has 0 N–H and O–H groups in total. The summed E-state index contributed by atoms with van der Waals surface area (Å²) in [6.45, 7) is 3.78. The fourth-order valence-corrected chi connectivity index (χ4v) is 2.44. The molecule has 0 amide bonds. The van der Waals surface area contributed by atoms with E-state index in [0.29, 0.717) is 6.42 Å². The molecule has 0 aromatic rings. The highest BCUT2D eigenvalue weighted by Gasteiger charge is 2.51. The van der Waals surface area contributed by atoms with Gasteiger partial charge in [-0.25, -0.2) is 0 Å². The van der Waals surface area contributed by atoms with E-state index in [4.69, 9.17) is 4.74 Å². The third kappa shape index (κ3) is 1.09. The zero-order valence-corrected chi connectivity index (χ0v) is 7.85. The van der Waals surface area contributed by atoms with Crippen LogP contribution in [0.3, 0.4) is 0 Å². The highest BCUT2D eigenvalue weighted by molar-refractivity contribution is 5.89. The molecule has 2 heteroatoms. The summed E-state index contributed by atoms with van der Waals surface area (Å²) in [6.07, 6.45) is 5.27. The molecule has 0 atom stereocenters. The number of carbonyl (C=O) groups is 1. The molecule has 0 unspecified atom stereocenters. The fourth-order valence-electron chi connectivity index (χ4n) is 2.44. The first-order valence-corrected chi connectivity index (χ1v) is 4.78. The van der Waals surface area contributed by atoms with Crippen LogP contribution in [0.25, 0.3) is 0 Å². The number of rotatable bonds is 0. The highest BCUT2D eigenvalue weighted by Crippen LogP contribution is 2.45. The molecule has 2 nitrogen and oxygen atoms in total. The van der Waals surface area contributed by atoms with E-state index >= 15 is 0 Å². The van der Waals surface area contributed by atoms with Crippen molar-refractivity contribution in [2.45, 2.75) is 57.2 Å². The first-order valence-electron chi connectivity index (χ1n) is 4.78. The lowest BCUT2D eigenvalue weighted by Crippen LogP contribution is -2.30. The second-order valence-corrected chi connectivity index (χ2v) is 4.60. The average Bonchev–Trinajstić information content (AvgIpc) is 2.42. The van der Waals surface area contributed by atoms with Gasteiger partial charge in [-0.1, -0.05) is 12.8 Å². The minimum atomic E-state index is -0.510. The topological polar surface area (TPSA) is 26.3 Å². The van der Waals surface area contributed by atoms with Gasteiger partial charge < -0.3 is 4.74 Å². The van der Waals surface area contributed by atoms with Crippen LogP contribution in [0.4, 0.5) is 0 Å². The van der Waals surface area contributed by atoms with Crippen molar-refractivity contribution in [3.8, 4) is 0 Å². The van der Waals surface area contributed by atoms with Gasteiger partial charge in [0.1, 0.15) is 5.60 Å². The molecule has 2 fully saturated rings. The maximum absolute atomic E-state index is 11.5. The largest absolute Gasteiger partial charge is 0.361 e. The Morgan fingerprint density at radius 1 is 1.25 bits per heavy atom. The summed E-state index contributed by atoms with van der Waals surface area (Å²) in [5.74, 6) is 0.282. The van der Waals surface area contributed by atoms with E-state index in [1.54, 1.807) is 0 Å². The maximum Gasteiger partial charge on any atom is 0.166 e. The number of carbonyl (C=O) groups excluding carboxylic acids is 1. The monoisotopic (exact) mass is 168 g/mol. The zero-order valence-electron chi connectivity index (χ0n) is 7.85. The Kier molecular flexibility index (Phi) is 1.59. The molecule has 0 bridgehead atoms. The van der Waals surface area contributed by atoms with Crippen molar-refractivity contribution in [1.29, 1.82) is 0 Å². The Labute approximate surface area is 73.3 Å². The summed E-state index contributed by atoms with van der Waals surface area (Å²) in [6, 6.07) is 0. The first kappa shape index (κ1) is 8.24. The van der Waals surface area contributed by atoms with Gasteiger partial charge in [-0.2, -0.15) is 0 Å². The van der Waals surface area contributed by atoms with E-state index in [0.717, 1.165) is 12.8 Å². The summed E-state index contributed by atoms with van der Waals surface area (Å²) >= 11 is 0. The smallest absolute Gasteiger partial charge is 0.166 e. The minimum Gasteiger partial charge on any atom is -0.361 e. The van der Waals surface area contributed by atoms with Crippen LogP contribution in [0.5, 0.6) is 0 Å². The van der Waals surface area contributed by atoms with Crippen molar-refractivity contribution in [3.63, 3.8) is 0 Å². The van der Waals surface area contributed by atoms with Crippen LogP contribution in [-0.4, -0.2) is 17.0 Å². The van der Waals surface area contributed by atoms with Gasteiger partial charge in [0.15, 0.2) is 5.78 Å². The lowest BCUT2D eigenvalue weighted by Gasteiger charge is -2.25. The van der Waals surface area contributed by atoms with Gasteiger partial charge >= 0.3 is 0 Å². The number of ketones is 1. The van der Waals surface area contributed by atoms with Crippen LogP contribution in [0.1, 0.15) is 46.0 Å². The fraction of sp³-hybridized carbons (Fsp3) is 0.900. The molecule has 0 aromatic carbocycles. The Bertz CT molecular complexity index is 212. The third-order valence-corrected chi connectivity index (χ3v) is 3.14. The van der Waals surface area contributed by atoms with Crippen LogP contribution in [-0.2, 0) is 9.53 Å². The normalized spacial score (nSPS) is 31.7. The van der Waals surface area contributed by atoms with E-state index in [1.165, 1.54) is 12.8 Å². The molecule has 2 aliphatic rings. The van der Waals surface area contributed by atoms with Crippen molar-refractivity contribution in [3.05, 3.63) is 0 Å². The van der Waals surface area contributed by atoms with Gasteiger partial charge in [-0.3, -0.25) is 4.79 Å². The molecule has 0 radical (unpaired) electrons. The number of hydrogen-bond donors (Lipinski definition) is 0. The van der Waals surface area contributed by atoms with E-state index in [1.807, 2.05) is 13.8 Å². The summed E-state index contributed by atoms with van der Waals surface area (Å²) in [4.78, 5) is 11.5. The van der Waals surface area contributed by atoms with Crippen molar-refractivity contribution in [2.24, 2.45) is 0 Å². The van der Waals surface area contributed by atoms with Gasteiger partial charge in [-0.05, 0) is 26.7 Å². The Morgan fingerprint density at radius 2 is 1.83 bits per heavy atom. The van der Waals surface area contributed by atoms with Gasteiger partial charge in [-0.15, -0.1) is 0 Å². The zero-order chi connectivity index (χ0) is 8.82. The lowest BCUT2D eigenvalue weighted by atomic mass is 9.95. The molecule has 1 aliphatic carbocycles. The number of hydrogen-bond acceptors (Lipinski definition) is 2. The molecule has 12 heavy (non-hydrogen) atoms. The Hall–Kier alpha value is -0.370. The van der Waals surface area contributed by atoms with Crippen LogP contribution in [0, 0.1) is 0 Å².